The number of piperidine rings is 1. The number of hydrogen-bond acceptors (Lipinski definition) is 8. The molecule has 194 valence electrons. The molecule has 11 nitrogen and oxygen atoms in total. The number of nitrogens with zero attached hydrogens (tertiary/aromatic N) is 2. The predicted octanol–water partition coefficient (Wildman–Crippen LogP) is 0.703. The van der Waals surface area contributed by atoms with E-state index < -0.39 is 32.6 Å². The second-order valence-electron chi connectivity index (χ2n) is 9.72. The van der Waals surface area contributed by atoms with Crippen LogP contribution in [0.15, 0.2) is 28.1 Å². The fourth-order valence-electron chi connectivity index (χ4n) is 4.85. The highest BCUT2D eigenvalue weighted by Crippen LogP contribution is 2.38. The number of carbonyl (C=O) groups is 2. The summed E-state index contributed by atoms with van der Waals surface area (Å²) in [4.78, 5) is 26.6. The number of rotatable bonds is 10. The van der Waals surface area contributed by atoms with Crippen molar-refractivity contribution in [3.8, 4) is 0 Å². The van der Waals surface area contributed by atoms with Gasteiger partial charge >= 0.3 is 5.97 Å². The van der Waals surface area contributed by atoms with E-state index in [0.717, 1.165) is 5.56 Å². The molecule has 0 amide bonds. The number of hydrazine groups is 1. The molecule has 12 heteroatoms. The van der Waals surface area contributed by atoms with Crippen LogP contribution in [0.3, 0.4) is 0 Å². The molecule has 2 aliphatic rings. The summed E-state index contributed by atoms with van der Waals surface area (Å²) >= 11 is 0. The van der Waals surface area contributed by atoms with Crippen LogP contribution < -0.4 is 22.2 Å². The number of aldehydes is 1. The highest BCUT2D eigenvalue weighted by molar-refractivity contribution is 7.93. The molecule has 7 N–H and O–H groups in total. The average Bonchev–Trinajstić information content (AvgIpc) is 2.81. The van der Waals surface area contributed by atoms with E-state index in [1.807, 2.05) is 6.07 Å². The van der Waals surface area contributed by atoms with Crippen LogP contribution in [0, 0.1) is 11.8 Å². The largest absolute Gasteiger partial charge is 0.480 e. The number of hydrogen-bond donors (Lipinski definition) is 5. The summed E-state index contributed by atoms with van der Waals surface area (Å²) in [5.41, 5.74) is 15.1. The van der Waals surface area contributed by atoms with Crippen molar-refractivity contribution >= 4 is 33.7 Å². The van der Waals surface area contributed by atoms with Gasteiger partial charge in [0.15, 0.2) is 17.1 Å². The lowest BCUT2D eigenvalue weighted by molar-refractivity contribution is -0.147. The number of aliphatic imine (C=N–C) groups is 1. The molecular weight excluding hydrogens is 472 g/mol. The van der Waals surface area contributed by atoms with Crippen molar-refractivity contribution in [3.05, 3.63) is 23.8 Å². The van der Waals surface area contributed by atoms with Crippen LogP contribution in [-0.4, -0.2) is 67.3 Å². The molecule has 0 saturated carbocycles. The van der Waals surface area contributed by atoms with E-state index in [0.29, 0.717) is 56.7 Å². The number of nitrogens with one attached hydrogen (secondary N) is 2. The minimum Gasteiger partial charge on any atom is -0.480 e. The fraction of sp³-hybridized carbons (Fsp3) is 0.609. The van der Waals surface area contributed by atoms with E-state index in [1.165, 1.54) is 11.1 Å². The summed E-state index contributed by atoms with van der Waals surface area (Å²) in [5.74, 6) is -1.29. The van der Waals surface area contributed by atoms with Gasteiger partial charge in [0.25, 0.3) is 0 Å². The summed E-state index contributed by atoms with van der Waals surface area (Å²) in [6.07, 6.45) is 2.66. The van der Waals surface area contributed by atoms with E-state index >= 15 is 0 Å². The number of fused-ring (bicyclic) bond motifs is 1. The van der Waals surface area contributed by atoms with E-state index in [4.69, 9.17) is 11.5 Å². The smallest absolute Gasteiger partial charge is 0.322 e. The van der Waals surface area contributed by atoms with Crippen LogP contribution in [0.25, 0.3) is 0 Å². The number of aliphatic carboxylic acids is 1. The molecule has 35 heavy (non-hydrogen) atoms. The van der Waals surface area contributed by atoms with Gasteiger partial charge in [-0.2, -0.15) is 0 Å². The zero-order valence-corrected chi connectivity index (χ0v) is 21.1. The van der Waals surface area contributed by atoms with Gasteiger partial charge in [-0.3, -0.25) is 9.79 Å². The SMILES string of the molecule is CC1CNc2c(cccc2S(=O)(=O)[C@@](C=O)(C[C@@H](C)CN=C(N)N)NN2CCCCC2C(=O)O)C1. The Balaban J connectivity index is 2.09. The van der Waals surface area contributed by atoms with Gasteiger partial charge in [-0.1, -0.05) is 26.0 Å². The molecule has 0 bridgehead atoms. The number of benzene rings is 1. The summed E-state index contributed by atoms with van der Waals surface area (Å²) in [7, 11) is -4.34. The number of carbonyl (C=O) groups excluding carboxylic acids is 1. The fourth-order valence-corrected chi connectivity index (χ4v) is 6.84. The summed E-state index contributed by atoms with van der Waals surface area (Å²) in [5, 5.41) is 14.3. The summed E-state index contributed by atoms with van der Waals surface area (Å²) in [6, 6.07) is 4.09. The Morgan fingerprint density at radius 1 is 1.40 bits per heavy atom. The molecule has 2 unspecified atom stereocenters. The lowest BCUT2D eigenvalue weighted by Crippen LogP contribution is -2.65. The normalized spacial score (nSPS) is 23.3. The number of sulfone groups is 1. The Hall–Kier alpha value is -2.70. The van der Waals surface area contributed by atoms with Gasteiger partial charge in [-0.25, -0.2) is 18.9 Å². The number of anilines is 1. The average molecular weight is 509 g/mol. The quantitative estimate of drug-likeness (QED) is 0.171. The highest BCUT2D eigenvalue weighted by Gasteiger charge is 2.50. The first kappa shape index (κ1) is 26.9. The molecule has 2 aliphatic heterocycles. The number of nitrogens with two attached hydrogens (primary N) is 2. The zero-order chi connectivity index (χ0) is 25.8. The molecule has 0 aliphatic carbocycles. The summed E-state index contributed by atoms with van der Waals surface area (Å²) in [6.45, 7) is 4.83. The van der Waals surface area contributed by atoms with Crippen LogP contribution in [0.4, 0.5) is 5.69 Å². The first-order valence-electron chi connectivity index (χ1n) is 11.9. The van der Waals surface area contributed by atoms with Crippen LogP contribution in [0.2, 0.25) is 0 Å². The number of carboxylic acid groups (broad SMARTS) is 1. The van der Waals surface area contributed by atoms with Crippen molar-refractivity contribution in [2.24, 2.45) is 28.3 Å². The lowest BCUT2D eigenvalue weighted by Gasteiger charge is -2.41. The van der Waals surface area contributed by atoms with Crippen LogP contribution in [0.1, 0.15) is 45.1 Å². The Morgan fingerprint density at radius 3 is 2.80 bits per heavy atom. The predicted molar refractivity (Wildman–Crippen MR) is 133 cm³/mol. The van der Waals surface area contributed by atoms with E-state index in [2.05, 4.69) is 22.7 Å². The molecule has 1 aromatic rings. The minimum atomic E-state index is -4.34. The third-order valence-electron chi connectivity index (χ3n) is 6.63. The van der Waals surface area contributed by atoms with Gasteiger partial charge in [0.05, 0.1) is 10.6 Å². The first-order chi connectivity index (χ1) is 16.5. The van der Waals surface area contributed by atoms with Crippen molar-refractivity contribution in [3.63, 3.8) is 0 Å². The third kappa shape index (κ3) is 5.76. The van der Waals surface area contributed by atoms with Gasteiger partial charge in [-0.05, 0) is 55.6 Å². The standard InChI is InChI=1S/C23H36N6O5S/c1-15-10-17-6-5-8-19(20(17)26-12-15)35(33,34)23(14-30,11-16(2)13-27-22(24)25)28-29-9-4-3-7-18(29)21(31)32/h5-6,8,14-16,18,26,28H,3-4,7,9-13H2,1-2H3,(H,31,32)(H4,24,25,27)/t15?,16-,18?,23-/m1/s1. The maximum Gasteiger partial charge on any atom is 0.322 e. The second kappa shape index (κ2) is 10.9. The minimum absolute atomic E-state index is 0.0134. The van der Waals surface area contributed by atoms with Crippen molar-refractivity contribution in [1.29, 1.82) is 0 Å². The molecule has 1 saturated heterocycles. The molecule has 2 heterocycles. The van der Waals surface area contributed by atoms with E-state index in [9.17, 15) is 23.1 Å². The maximum absolute atomic E-state index is 14.3. The number of guanidine groups is 1. The van der Waals surface area contributed by atoms with Crippen molar-refractivity contribution in [2.75, 3.05) is 25.0 Å². The van der Waals surface area contributed by atoms with Gasteiger partial charge in [0.1, 0.15) is 6.04 Å². The maximum atomic E-state index is 14.3. The first-order valence-corrected chi connectivity index (χ1v) is 13.4. The van der Waals surface area contributed by atoms with Crippen LogP contribution in [-0.2, 0) is 25.8 Å². The second-order valence-corrected chi connectivity index (χ2v) is 11.9. The molecule has 0 aromatic heterocycles. The van der Waals surface area contributed by atoms with Gasteiger partial charge in [-0.15, -0.1) is 0 Å². The van der Waals surface area contributed by atoms with Gasteiger partial charge in [0.2, 0.25) is 9.84 Å². The van der Waals surface area contributed by atoms with Crippen LogP contribution >= 0.6 is 0 Å². The topological polar surface area (TPSA) is 180 Å². The molecule has 1 aromatic carbocycles. The number of carboxylic acids is 1. The molecule has 4 atom stereocenters. The van der Waals surface area contributed by atoms with Gasteiger partial charge < -0.3 is 26.7 Å². The van der Waals surface area contributed by atoms with Crippen molar-refractivity contribution in [1.82, 2.24) is 10.4 Å². The molecule has 3 rings (SSSR count). The van der Waals surface area contributed by atoms with Crippen molar-refractivity contribution in [2.45, 2.75) is 61.8 Å². The summed E-state index contributed by atoms with van der Waals surface area (Å²) < 4.78 is 28.5. The molecule has 0 radical (unpaired) electrons. The van der Waals surface area contributed by atoms with Crippen molar-refractivity contribution < 1.29 is 23.1 Å². The number of para-hydroxylation sites is 1. The van der Waals surface area contributed by atoms with Gasteiger partial charge in [0, 0.05) is 19.6 Å². The molecule has 0 spiro atoms. The third-order valence-corrected chi connectivity index (χ3v) is 8.86. The monoisotopic (exact) mass is 508 g/mol. The van der Waals surface area contributed by atoms with E-state index in [1.54, 1.807) is 13.0 Å². The lowest BCUT2D eigenvalue weighted by atomic mass is 9.96. The van der Waals surface area contributed by atoms with Crippen LogP contribution in [0.5, 0.6) is 0 Å². The Labute approximate surface area is 206 Å². The Morgan fingerprint density at radius 2 is 2.14 bits per heavy atom. The van der Waals surface area contributed by atoms with E-state index in [-0.39, 0.29) is 23.8 Å². The zero-order valence-electron chi connectivity index (χ0n) is 20.2. The Kier molecular flexibility index (Phi) is 8.39. The molecule has 1 fully saturated rings. The molecular formula is C23H36N6O5S. The highest BCUT2D eigenvalue weighted by atomic mass is 32.2. The Bertz CT molecular complexity index is 1070.